The zero-order chi connectivity index (χ0) is 17.1. The fraction of sp³-hybridized carbons (Fsp3) is 0.300. The molecular formula is C20H20O4. The van der Waals surface area contributed by atoms with E-state index in [0.717, 1.165) is 30.4 Å². The van der Waals surface area contributed by atoms with E-state index in [1.165, 1.54) is 12.7 Å². The van der Waals surface area contributed by atoms with Gasteiger partial charge in [0.05, 0.1) is 18.6 Å². The second kappa shape index (κ2) is 6.87. The third-order valence-electron chi connectivity index (χ3n) is 4.61. The topological polar surface area (TPSA) is 63.6 Å². The normalized spacial score (nSPS) is 18.9. The monoisotopic (exact) mass is 324 g/mol. The number of carboxylic acid groups (broad SMARTS) is 1. The summed E-state index contributed by atoms with van der Waals surface area (Å²) in [7, 11) is 1.37. The molecule has 2 unspecified atom stereocenters. The molecule has 1 fully saturated rings. The lowest BCUT2D eigenvalue weighted by molar-refractivity contribution is -0.138. The number of carbonyl (C=O) groups excluding carboxylic acids is 1. The first kappa shape index (κ1) is 16.2. The molecule has 1 aliphatic carbocycles. The Morgan fingerprint density at radius 1 is 1.12 bits per heavy atom. The van der Waals surface area contributed by atoms with Crippen molar-refractivity contribution in [3.63, 3.8) is 0 Å². The number of hydrogen-bond donors (Lipinski definition) is 1. The molecular weight excluding hydrogens is 304 g/mol. The van der Waals surface area contributed by atoms with Gasteiger partial charge < -0.3 is 9.84 Å². The summed E-state index contributed by atoms with van der Waals surface area (Å²) in [6.45, 7) is 0. The second-order valence-electron chi connectivity index (χ2n) is 6.25. The maximum atomic E-state index is 11.6. The van der Waals surface area contributed by atoms with Gasteiger partial charge in [0.15, 0.2) is 0 Å². The van der Waals surface area contributed by atoms with Crippen LogP contribution >= 0.6 is 0 Å². The van der Waals surface area contributed by atoms with Crippen LogP contribution in [0.15, 0.2) is 48.5 Å². The molecule has 0 spiro atoms. The summed E-state index contributed by atoms with van der Waals surface area (Å²) in [5.74, 6) is -0.809. The number of hydrogen-bond acceptors (Lipinski definition) is 3. The average Bonchev–Trinajstić information content (AvgIpc) is 3.40. The Kier molecular flexibility index (Phi) is 4.65. The number of ether oxygens (including phenoxy) is 1. The van der Waals surface area contributed by atoms with Crippen molar-refractivity contribution < 1.29 is 19.4 Å². The van der Waals surface area contributed by atoms with Crippen LogP contribution in [0.3, 0.4) is 0 Å². The van der Waals surface area contributed by atoms with Gasteiger partial charge in [0.2, 0.25) is 0 Å². The van der Waals surface area contributed by atoms with Gasteiger partial charge in [-0.2, -0.15) is 0 Å². The van der Waals surface area contributed by atoms with E-state index in [2.05, 4.69) is 12.1 Å². The van der Waals surface area contributed by atoms with E-state index in [1.54, 1.807) is 6.07 Å². The third-order valence-corrected chi connectivity index (χ3v) is 4.61. The van der Waals surface area contributed by atoms with E-state index in [9.17, 15) is 9.59 Å². The predicted octanol–water partition coefficient (Wildman–Crippen LogP) is 3.79. The van der Waals surface area contributed by atoms with Gasteiger partial charge in [0.1, 0.15) is 0 Å². The van der Waals surface area contributed by atoms with Crippen LogP contribution in [-0.2, 0) is 16.0 Å². The van der Waals surface area contributed by atoms with Crippen molar-refractivity contribution in [2.45, 2.75) is 19.3 Å². The molecule has 1 aliphatic rings. The summed E-state index contributed by atoms with van der Waals surface area (Å²) in [4.78, 5) is 22.5. The Morgan fingerprint density at radius 3 is 2.50 bits per heavy atom. The zero-order valence-corrected chi connectivity index (χ0v) is 13.6. The predicted molar refractivity (Wildman–Crippen MR) is 90.8 cm³/mol. The Hall–Kier alpha value is -2.62. The van der Waals surface area contributed by atoms with Gasteiger partial charge in [0, 0.05) is 0 Å². The Bertz CT molecular complexity index is 748. The van der Waals surface area contributed by atoms with Crippen LogP contribution in [0, 0.1) is 11.8 Å². The van der Waals surface area contributed by atoms with Crippen LogP contribution in [-0.4, -0.2) is 24.2 Å². The highest BCUT2D eigenvalue weighted by Crippen LogP contribution is 2.42. The number of esters is 1. The summed E-state index contributed by atoms with van der Waals surface area (Å²) in [6, 6.07) is 15.6. The minimum absolute atomic E-state index is 0.134. The molecule has 3 rings (SSSR count). The van der Waals surface area contributed by atoms with E-state index in [0.29, 0.717) is 11.5 Å². The molecule has 0 bridgehead atoms. The Labute approximate surface area is 141 Å². The van der Waals surface area contributed by atoms with Crippen molar-refractivity contribution in [1.29, 1.82) is 0 Å². The number of carboxylic acids is 1. The van der Waals surface area contributed by atoms with Gasteiger partial charge in [-0.1, -0.05) is 36.4 Å². The molecule has 1 N–H and O–H groups in total. The van der Waals surface area contributed by atoms with Crippen molar-refractivity contribution in [3.05, 3.63) is 59.7 Å². The van der Waals surface area contributed by atoms with Gasteiger partial charge in [-0.25, -0.2) is 4.79 Å². The molecule has 24 heavy (non-hydrogen) atoms. The van der Waals surface area contributed by atoms with Gasteiger partial charge in [0.25, 0.3) is 0 Å². The van der Waals surface area contributed by atoms with Crippen molar-refractivity contribution in [3.8, 4) is 11.1 Å². The largest absolute Gasteiger partial charge is 0.481 e. The highest BCUT2D eigenvalue weighted by Gasteiger charge is 2.42. The number of rotatable bonds is 6. The van der Waals surface area contributed by atoms with Crippen LogP contribution < -0.4 is 0 Å². The highest BCUT2D eigenvalue weighted by molar-refractivity contribution is 5.90. The molecule has 0 aliphatic heterocycles. The molecule has 2 aromatic rings. The van der Waals surface area contributed by atoms with Crippen LogP contribution in [0.25, 0.3) is 11.1 Å². The second-order valence-corrected chi connectivity index (χ2v) is 6.25. The average molecular weight is 324 g/mol. The Morgan fingerprint density at radius 2 is 1.88 bits per heavy atom. The van der Waals surface area contributed by atoms with E-state index >= 15 is 0 Å². The van der Waals surface area contributed by atoms with Crippen molar-refractivity contribution in [2.75, 3.05) is 7.11 Å². The van der Waals surface area contributed by atoms with E-state index < -0.39 is 5.97 Å². The van der Waals surface area contributed by atoms with E-state index in [4.69, 9.17) is 9.84 Å². The first-order valence-corrected chi connectivity index (χ1v) is 8.09. The maximum absolute atomic E-state index is 11.6. The van der Waals surface area contributed by atoms with Crippen molar-refractivity contribution >= 4 is 11.9 Å². The Balaban J connectivity index is 1.64. The van der Waals surface area contributed by atoms with Crippen LogP contribution in [0.5, 0.6) is 0 Å². The number of carbonyl (C=O) groups is 2. The smallest absolute Gasteiger partial charge is 0.337 e. The van der Waals surface area contributed by atoms with E-state index in [-0.39, 0.29) is 11.9 Å². The molecule has 124 valence electrons. The lowest BCUT2D eigenvalue weighted by Crippen LogP contribution is -2.00. The van der Waals surface area contributed by atoms with Gasteiger partial charge in [-0.3, -0.25) is 4.79 Å². The standard InChI is InChI=1S/C20H20O4/c1-24-20(23)17-4-2-3-15(11-17)14-8-5-13(6-9-14)7-10-16-12-18(16)19(21)22/h2-6,8-9,11,16,18H,7,10,12H2,1H3,(H,21,22). The van der Waals surface area contributed by atoms with Crippen LogP contribution in [0.2, 0.25) is 0 Å². The molecule has 0 amide bonds. The minimum atomic E-state index is -0.666. The molecule has 0 heterocycles. The van der Waals surface area contributed by atoms with E-state index in [1.807, 2.05) is 30.3 Å². The summed E-state index contributed by atoms with van der Waals surface area (Å²) in [6.07, 6.45) is 2.64. The lowest BCUT2D eigenvalue weighted by Gasteiger charge is -2.06. The first-order chi connectivity index (χ1) is 11.6. The minimum Gasteiger partial charge on any atom is -0.481 e. The molecule has 0 radical (unpaired) electrons. The van der Waals surface area contributed by atoms with Gasteiger partial charge in [-0.15, -0.1) is 0 Å². The molecule has 0 saturated heterocycles. The van der Waals surface area contributed by atoms with Crippen molar-refractivity contribution in [2.24, 2.45) is 11.8 Å². The molecule has 4 nitrogen and oxygen atoms in total. The van der Waals surface area contributed by atoms with Crippen LogP contribution in [0.1, 0.15) is 28.8 Å². The fourth-order valence-electron chi connectivity index (χ4n) is 3.03. The van der Waals surface area contributed by atoms with Gasteiger partial charge in [-0.05, 0) is 54.0 Å². The number of aryl methyl sites for hydroxylation is 1. The maximum Gasteiger partial charge on any atom is 0.337 e. The molecule has 2 aromatic carbocycles. The van der Waals surface area contributed by atoms with Crippen LogP contribution in [0.4, 0.5) is 0 Å². The number of benzene rings is 2. The summed E-state index contributed by atoms with van der Waals surface area (Å²) < 4.78 is 4.75. The van der Waals surface area contributed by atoms with Gasteiger partial charge >= 0.3 is 11.9 Å². The number of methoxy groups -OCH3 is 1. The summed E-state index contributed by atoms with van der Waals surface area (Å²) in [5, 5.41) is 8.93. The SMILES string of the molecule is COC(=O)c1cccc(-c2ccc(CCC3CC3C(=O)O)cc2)c1. The summed E-state index contributed by atoms with van der Waals surface area (Å²) >= 11 is 0. The fourth-order valence-corrected chi connectivity index (χ4v) is 3.03. The summed E-state index contributed by atoms with van der Waals surface area (Å²) in [5.41, 5.74) is 3.75. The highest BCUT2D eigenvalue weighted by atomic mass is 16.5. The first-order valence-electron chi connectivity index (χ1n) is 8.09. The van der Waals surface area contributed by atoms with Crippen molar-refractivity contribution in [1.82, 2.24) is 0 Å². The number of aliphatic carboxylic acids is 1. The molecule has 4 heteroatoms. The molecule has 2 atom stereocenters. The lowest BCUT2D eigenvalue weighted by atomic mass is 10.00. The zero-order valence-electron chi connectivity index (χ0n) is 13.6. The quantitative estimate of drug-likeness (QED) is 0.821. The molecule has 0 aromatic heterocycles. The molecule has 1 saturated carbocycles. The third kappa shape index (κ3) is 3.65.